The molecule has 0 saturated carbocycles. The van der Waals surface area contributed by atoms with Crippen LogP contribution >= 0.6 is 11.3 Å². The Balaban J connectivity index is 1.37. The summed E-state index contributed by atoms with van der Waals surface area (Å²) < 4.78 is 52.2. The minimum absolute atomic E-state index is 0.0726. The van der Waals surface area contributed by atoms with Gasteiger partial charge in [-0.15, -0.1) is 11.3 Å². The minimum Gasteiger partial charge on any atom is -0.461 e. The van der Waals surface area contributed by atoms with Crippen molar-refractivity contribution in [1.29, 1.82) is 5.26 Å². The van der Waals surface area contributed by atoms with Gasteiger partial charge in [-0.3, -0.25) is 9.69 Å². The molecule has 0 radical (unpaired) electrons. The van der Waals surface area contributed by atoms with Crippen LogP contribution in [0, 0.1) is 23.0 Å². The molecule has 1 amide bonds. The molecule has 9 nitrogen and oxygen atoms in total. The molecular formula is C35H36F3N7O2S. The monoisotopic (exact) mass is 675 g/mol. The second-order valence-corrected chi connectivity index (χ2v) is 14.0. The third kappa shape index (κ3) is 5.13. The van der Waals surface area contributed by atoms with Crippen molar-refractivity contribution in [3.63, 3.8) is 0 Å². The zero-order valence-electron chi connectivity index (χ0n) is 26.8. The SMILES string of the molecule is C=CC(=O)N1CCC(N(CC)c2nc(OC[C@@]34CCCN3C[C@H](F)C4)nc3cc(-c4ccc(F)c5sc(N)c(C#N)c45)c(F)cc23)C1C. The molecule has 0 spiro atoms. The predicted molar refractivity (Wildman–Crippen MR) is 181 cm³/mol. The van der Waals surface area contributed by atoms with E-state index in [0.29, 0.717) is 54.8 Å². The van der Waals surface area contributed by atoms with Crippen molar-refractivity contribution in [1.82, 2.24) is 19.8 Å². The summed E-state index contributed by atoms with van der Waals surface area (Å²) in [6.07, 6.45) is 3.18. The number of fused-ring (bicyclic) bond motifs is 3. The number of nitrogens with two attached hydrogens (primary N) is 1. The molecule has 2 N–H and O–H groups in total. The summed E-state index contributed by atoms with van der Waals surface area (Å²) in [5.41, 5.74) is 6.54. The van der Waals surface area contributed by atoms with E-state index in [1.54, 1.807) is 11.0 Å². The normalized spacial score (nSPS) is 23.9. The summed E-state index contributed by atoms with van der Waals surface area (Å²) >= 11 is 0.944. The fourth-order valence-electron chi connectivity index (χ4n) is 8.08. The number of anilines is 2. The first-order chi connectivity index (χ1) is 23.1. The van der Waals surface area contributed by atoms with E-state index >= 15 is 4.39 Å². The average Bonchev–Trinajstić information content (AvgIpc) is 3.81. The number of carbonyl (C=O) groups excluding carboxylic acids is 1. The molecule has 4 atom stereocenters. The van der Waals surface area contributed by atoms with E-state index < -0.39 is 23.3 Å². The maximum Gasteiger partial charge on any atom is 0.319 e. The van der Waals surface area contributed by atoms with Crippen LogP contribution in [0.2, 0.25) is 0 Å². The van der Waals surface area contributed by atoms with Crippen molar-refractivity contribution in [3.8, 4) is 23.2 Å². The Morgan fingerprint density at radius 3 is 2.83 bits per heavy atom. The van der Waals surface area contributed by atoms with Gasteiger partial charge in [0.15, 0.2) is 0 Å². The molecule has 3 fully saturated rings. The molecule has 0 aliphatic carbocycles. The zero-order chi connectivity index (χ0) is 33.9. The number of hydrogen-bond acceptors (Lipinski definition) is 9. The van der Waals surface area contributed by atoms with Crippen molar-refractivity contribution in [2.24, 2.45) is 0 Å². The van der Waals surface area contributed by atoms with Crippen molar-refractivity contribution in [3.05, 3.63) is 54.1 Å². The number of thiophene rings is 1. The highest BCUT2D eigenvalue weighted by atomic mass is 32.1. The van der Waals surface area contributed by atoms with Crippen LogP contribution in [0.15, 0.2) is 36.9 Å². The third-order valence-corrected chi connectivity index (χ3v) is 11.4. The Kier molecular flexibility index (Phi) is 8.20. The van der Waals surface area contributed by atoms with Crippen LogP contribution in [0.4, 0.5) is 24.0 Å². The van der Waals surface area contributed by atoms with Gasteiger partial charge < -0.3 is 20.3 Å². The van der Waals surface area contributed by atoms with Crippen molar-refractivity contribution < 1.29 is 22.7 Å². The largest absolute Gasteiger partial charge is 0.461 e. The van der Waals surface area contributed by atoms with Crippen molar-refractivity contribution in [2.75, 3.05) is 43.4 Å². The smallest absolute Gasteiger partial charge is 0.319 e. The zero-order valence-corrected chi connectivity index (χ0v) is 27.6. The summed E-state index contributed by atoms with van der Waals surface area (Å²) in [5.74, 6) is -0.871. The van der Waals surface area contributed by atoms with Gasteiger partial charge in [0.25, 0.3) is 0 Å². The fraction of sp³-hybridized carbons (Fsp3) is 0.429. The Labute approximate surface area is 280 Å². The number of nitrogen functional groups attached to an aromatic ring is 1. The second-order valence-electron chi connectivity index (χ2n) is 12.9. The first-order valence-corrected chi connectivity index (χ1v) is 17.0. The third-order valence-electron chi connectivity index (χ3n) is 10.4. The second kappa shape index (κ2) is 12.2. The Morgan fingerprint density at radius 2 is 2.08 bits per heavy atom. The number of ether oxygens (including phenoxy) is 1. The Bertz CT molecular complexity index is 2000. The first kappa shape index (κ1) is 32.2. The van der Waals surface area contributed by atoms with Crippen LogP contribution in [-0.2, 0) is 4.79 Å². The van der Waals surface area contributed by atoms with Gasteiger partial charge in [0.05, 0.1) is 27.4 Å². The van der Waals surface area contributed by atoms with Gasteiger partial charge in [0.1, 0.15) is 41.3 Å². The van der Waals surface area contributed by atoms with E-state index in [2.05, 4.69) is 11.5 Å². The number of likely N-dealkylation sites (N-methyl/N-ethyl adjacent to an activating group) is 1. The summed E-state index contributed by atoms with van der Waals surface area (Å²) in [4.78, 5) is 28.2. The van der Waals surface area contributed by atoms with Crippen molar-refractivity contribution >= 4 is 49.1 Å². The number of hydrogen-bond donors (Lipinski definition) is 1. The molecule has 4 aromatic rings. The van der Waals surface area contributed by atoms with Crippen LogP contribution < -0.4 is 15.4 Å². The molecule has 250 valence electrons. The topological polar surface area (TPSA) is 112 Å². The minimum atomic E-state index is -0.926. The molecule has 48 heavy (non-hydrogen) atoms. The molecule has 2 aromatic carbocycles. The van der Waals surface area contributed by atoms with Crippen LogP contribution in [0.3, 0.4) is 0 Å². The van der Waals surface area contributed by atoms with Gasteiger partial charge in [-0.05, 0) is 69.5 Å². The van der Waals surface area contributed by atoms with E-state index in [9.17, 15) is 18.8 Å². The van der Waals surface area contributed by atoms with E-state index in [0.717, 1.165) is 30.7 Å². The van der Waals surface area contributed by atoms with Crippen LogP contribution in [0.5, 0.6) is 6.01 Å². The summed E-state index contributed by atoms with van der Waals surface area (Å²) in [6.45, 7) is 10.0. The maximum absolute atomic E-state index is 16.3. The van der Waals surface area contributed by atoms with Crippen molar-refractivity contribution in [2.45, 2.75) is 63.3 Å². The number of nitrogens with zero attached hydrogens (tertiary/aromatic N) is 6. The van der Waals surface area contributed by atoms with Crippen LogP contribution in [0.25, 0.3) is 32.1 Å². The molecule has 2 unspecified atom stereocenters. The molecule has 0 bridgehead atoms. The molecule has 3 aliphatic rings. The predicted octanol–water partition coefficient (Wildman–Crippen LogP) is 6.20. The Morgan fingerprint density at radius 1 is 1.27 bits per heavy atom. The average molecular weight is 676 g/mol. The molecule has 3 saturated heterocycles. The van der Waals surface area contributed by atoms with Gasteiger partial charge >= 0.3 is 6.01 Å². The van der Waals surface area contributed by atoms with Gasteiger partial charge in [-0.1, -0.05) is 12.6 Å². The number of rotatable bonds is 8. The summed E-state index contributed by atoms with van der Waals surface area (Å²) in [7, 11) is 0. The van der Waals surface area contributed by atoms with Crippen LogP contribution in [0.1, 0.15) is 45.1 Å². The molecular weight excluding hydrogens is 639 g/mol. The lowest BCUT2D eigenvalue weighted by molar-refractivity contribution is -0.126. The van der Waals surface area contributed by atoms with E-state index in [4.69, 9.17) is 20.4 Å². The van der Waals surface area contributed by atoms with E-state index in [1.807, 2.05) is 24.8 Å². The van der Waals surface area contributed by atoms with Gasteiger partial charge in [-0.2, -0.15) is 15.2 Å². The highest BCUT2D eigenvalue weighted by Gasteiger charge is 2.49. The number of likely N-dealkylation sites (tertiary alicyclic amines) is 1. The fourth-order valence-corrected chi connectivity index (χ4v) is 9.03. The molecule has 7 rings (SSSR count). The maximum atomic E-state index is 16.3. The lowest BCUT2D eigenvalue weighted by Gasteiger charge is -2.34. The molecule has 5 heterocycles. The number of carbonyl (C=O) groups is 1. The quantitative estimate of drug-likeness (QED) is 0.220. The van der Waals surface area contributed by atoms with Crippen LogP contribution in [-0.4, -0.2) is 82.3 Å². The molecule has 3 aliphatic heterocycles. The van der Waals surface area contributed by atoms with E-state index in [-0.39, 0.29) is 56.8 Å². The van der Waals surface area contributed by atoms with Gasteiger partial charge in [-0.25, -0.2) is 13.2 Å². The van der Waals surface area contributed by atoms with Gasteiger partial charge in [0.2, 0.25) is 5.91 Å². The number of benzene rings is 2. The summed E-state index contributed by atoms with van der Waals surface area (Å²) in [6, 6.07) is 7.41. The standard InChI is InChI=1S/C35H36F3N7O2S/c1-4-29(46)45-12-9-28(19(45)3)44(5-2)33-23-13-26(38)22(21-7-8-25(37)31-30(21)24(16-39)32(40)48-31)14-27(23)41-34(42-33)47-18-35-10-6-11-43(35)17-20(36)15-35/h4,7-8,13-14,19-20,28H,1,5-6,9-12,15,17-18,40H2,2-3H3/t19?,20-,28?,35+/m1/s1. The Hall–Kier alpha value is -4.41. The number of nitriles is 1. The van der Waals surface area contributed by atoms with E-state index in [1.165, 1.54) is 24.3 Å². The summed E-state index contributed by atoms with van der Waals surface area (Å²) in [5, 5.41) is 10.7. The number of alkyl halides is 1. The number of aromatic nitrogens is 2. The highest BCUT2D eigenvalue weighted by Crippen LogP contribution is 2.44. The van der Waals surface area contributed by atoms with Gasteiger partial charge in [0, 0.05) is 48.4 Å². The molecule has 13 heteroatoms. The number of amides is 1. The number of halogens is 3. The lowest BCUT2D eigenvalue weighted by Crippen LogP contribution is -2.45. The first-order valence-electron chi connectivity index (χ1n) is 16.2. The lowest BCUT2D eigenvalue weighted by atomic mass is 9.95. The highest BCUT2D eigenvalue weighted by molar-refractivity contribution is 7.23. The molecule has 2 aromatic heterocycles.